The lowest BCUT2D eigenvalue weighted by molar-refractivity contribution is 0.0887. The lowest BCUT2D eigenvalue weighted by atomic mass is 9.75. The highest BCUT2D eigenvalue weighted by atomic mass is 16.4. The highest BCUT2D eigenvalue weighted by molar-refractivity contribution is 6.07. The zero-order valence-electron chi connectivity index (χ0n) is 15.3. The molecule has 24 heavy (non-hydrogen) atoms. The third-order valence-corrected chi connectivity index (χ3v) is 3.77. The number of carbonyl (C=O) groups excluding carboxylic acids is 1. The van der Waals surface area contributed by atoms with Gasteiger partial charge in [0.25, 0.3) is 5.91 Å². The topological polar surface area (TPSA) is 119 Å². The summed E-state index contributed by atoms with van der Waals surface area (Å²) in [7, 11) is 0. The minimum absolute atomic E-state index is 0.0488. The van der Waals surface area contributed by atoms with Gasteiger partial charge in [-0.25, -0.2) is 0 Å². The second-order valence-corrected chi connectivity index (χ2v) is 8.15. The van der Waals surface area contributed by atoms with Crippen LogP contribution in [0.2, 0.25) is 0 Å². The highest BCUT2D eigenvalue weighted by Crippen LogP contribution is 2.39. The molecule has 0 aromatic carbocycles. The minimum Gasteiger partial charge on any atom is -0.455 e. The Labute approximate surface area is 142 Å². The fourth-order valence-electron chi connectivity index (χ4n) is 2.93. The molecule has 1 amide bonds. The summed E-state index contributed by atoms with van der Waals surface area (Å²) in [6.45, 7) is 11.9. The van der Waals surface area contributed by atoms with Crippen LogP contribution in [-0.4, -0.2) is 23.1 Å². The molecule has 1 aliphatic rings. The molecule has 0 radical (unpaired) electrons. The van der Waals surface area contributed by atoms with Crippen LogP contribution in [0.5, 0.6) is 0 Å². The molecule has 1 aromatic rings. The lowest BCUT2D eigenvalue weighted by Gasteiger charge is -2.29. The van der Waals surface area contributed by atoms with Crippen LogP contribution in [-0.2, 0) is 6.42 Å². The maximum absolute atomic E-state index is 12.5. The molecule has 0 bridgehead atoms. The second kappa shape index (κ2) is 5.96. The third kappa shape index (κ3) is 3.96. The van der Waals surface area contributed by atoms with Gasteiger partial charge in [0, 0.05) is 23.1 Å². The fourth-order valence-corrected chi connectivity index (χ4v) is 2.93. The van der Waals surface area contributed by atoms with Gasteiger partial charge < -0.3 is 21.2 Å². The first kappa shape index (κ1) is 18.0. The summed E-state index contributed by atoms with van der Waals surface area (Å²) >= 11 is 0. The quantitative estimate of drug-likeness (QED) is 0.436. The van der Waals surface area contributed by atoms with Gasteiger partial charge >= 0.3 is 0 Å². The van der Waals surface area contributed by atoms with Crippen LogP contribution < -0.4 is 16.8 Å². The zero-order valence-corrected chi connectivity index (χ0v) is 15.3. The summed E-state index contributed by atoms with van der Waals surface area (Å²) in [6, 6.07) is 0. The fraction of sp³-hybridized carbons (Fsp3) is 0.588. The van der Waals surface area contributed by atoms with Crippen molar-refractivity contribution in [2.45, 2.75) is 59.9 Å². The van der Waals surface area contributed by atoms with E-state index in [-0.39, 0.29) is 22.8 Å². The standard InChI is InChI=1S/C17H27N5O2/c1-9-12-10(21-22-15(18)19)7-17(5,6)8-11(12)24-13(9)14(23)20-16(2,3)4/h7-8H2,1-6H3,(H,20,23)(H4,18,19,22)/b21-10-. The molecule has 2 rings (SSSR count). The van der Waals surface area contributed by atoms with Gasteiger partial charge in [0.1, 0.15) is 5.76 Å². The minimum atomic E-state index is -0.342. The molecule has 0 atom stereocenters. The largest absolute Gasteiger partial charge is 0.455 e. The van der Waals surface area contributed by atoms with E-state index in [1.165, 1.54) is 0 Å². The normalized spacial score (nSPS) is 18.2. The monoisotopic (exact) mass is 333 g/mol. The average molecular weight is 333 g/mol. The number of nitrogens with zero attached hydrogens (tertiary/aromatic N) is 2. The van der Waals surface area contributed by atoms with E-state index in [0.29, 0.717) is 12.2 Å². The molecule has 0 unspecified atom stereocenters. The first-order valence-corrected chi connectivity index (χ1v) is 8.00. The molecule has 0 saturated heterocycles. The first-order chi connectivity index (χ1) is 10.9. The van der Waals surface area contributed by atoms with E-state index in [1.807, 2.05) is 27.7 Å². The van der Waals surface area contributed by atoms with Crippen LogP contribution in [0.3, 0.4) is 0 Å². The Morgan fingerprint density at radius 3 is 2.42 bits per heavy atom. The van der Waals surface area contributed by atoms with Crippen LogP contribution in [0.4, 0.5) is 0 Å². The maximum atomic E-state index is 12.5. The van der Waals surface area contributed by atoms with Gasteiger partial charge in [0.15, 0.2) is 5.76 Å². The van der Waals surface area contributed by atoms with Gasteiger partial charge in [-0.05, 0) is 39.5 Å². The number of fused-ring (bicyclic) bond motifs is 1. The van der Waals surface area contributed by atoms with Gasteiger partial charge in [-0.1, -0.05) is 13.8 Å². The molecule has 1 aromatic heterocycles. The summed E-state index contributed by atoms with van der Waals surface area (Å²) in [5.74, 6) is 0.755. The third-order valence-electron chi connectivity index (χ3n) is 3.77. The number of furan rings is 1. The van der Waals surface area contributed by atoms with Crippen LogP contribution in [0.15, 0.2) is 14.6 Å². The van der Waals surface area contributed by atoms with Gasteiger partial charge in [-0.3, -0.25) is 4.79 Å². The first-order valence-electron chi connectivity index (χ1n) is 8.00. The summed E-state index contributed by atoms with van der Waals surface area (Å²) in [5, 5.41) is 10.9. The molecule has 7 nitrogen and oxygen atoms in total. The smallest absolute Gasteiger partial charge is 0.287 e. The van der Waals surface area contributed by atoms with E-state index >= 15 is 0 Å². The van der Waals surface area contributed by atoms with E-state index in [4.69, 9.17) is 15.9 Å². The van der Waals surface area contributed by atoms with E-state index in [0.717, 1.165) is 29.0 Å². The number of rotatable bonds is 2. The molecular formula is C17H27N5O2. The molecule has 1 heterocycles. The molecular weight excluding hydrogens is 306 g/mol. The SMILES string of the molecule is Cc1c(C(=O)NC(C)(C)C)oc2c1/C(=N\N=C(N)N)CC(C)(C)C2. The van der Waals surface area contributed by atoms with Crippen LogP contribution in [0, 0.1) is 12.3 Å². The number of hydrogen-bond donors (Lipinski definition) is 3. The highest BCUT2D eigenvalue weighted by Gasteiger charge is 2.36. The molecule has 5 N–H and O–H groups in total. The van der Waals surface area contributed by atoms with Crippen molar-refractivity contribution < 1.29 is 9.21 Å². The maximum Gasteiger partial charge on any atom is 0.287 e. The molecule has 0 spiro atoms. The Morgan fingerprint density at radius 2 is 1.88 bits per heavy atom. The van der Waals surface area contributed by atoms with Gasteiger partial charge in [0.05, 0.1) is 5.71 Å². The van der Waals surface area contributed by atoms with Crippen molar-refractivity contribution in [3.05, 3.63) is 22.6 Å². The number of guanidine groups is 1. The van der Waals surface area contributed by atoms with Crippen LogP contribution in [0.25, 0.3) is 0 Å². The molecule has 7 heteroatoms. The Bertz CT molecular complexity index is 716. The Morgan fingerprint density at radius 1 is 1.25 bits per heavy atom. The Balaban J connectivity index is 2.51. The lowest BCUT2D eigenvalue weighted by Crippen LogP contribution is -2.40. The molecule has 1 aliphatic carbocycles. The van der Waals surface area contributed by atoms with Gasteiger partial charge in [-0.15, -0.1) is 5.10 Å². The Kier molecular flexibility index (Phi) is 4.48. The predicted octanol–water partition coefficient (Wildman–Crippen LogP) is 2.07. The number of hydrogen-bond acceptors (Lipinski definition) is 4. The second-order valence-electron chi connectivity index (χ2n) is 8.15. The number of amides is 1. The van der Waals surface area contributed by atoms with Crippen molar-refractivity contribution in [2.24, 2.45) is 27.1 Å². The molecule has 132 valence electrons. The van der Waals surface area contributed by atoms with Crippen molar-refractivity contribution in [2.75, 3.05) is 0 Å². The zero-order chi connectivity index (χ0) is 18.3. The average Bonchev–Trinajstić information content (AvgIpc) is 2.69. The number of carbonyl (C=O) groups is 1. The molecule has 0 saturated carbocycles. The number of nitrogens with two attached hydrogens (primary N) is 2. The van der Waals surface area contributed by atoms with Crippen molar-refractivity contribution in [1.29, 1.82) is 0 Å². The van der Waals surface area contributed by atoms with E-state index in [9.17, 15) is 4.79 Å². The van der Waals surface area contributed by atoms with E-state index in [2.05, 4.69) is 29.4 Å². The summed E-state index contributed by atoms with van der Waals surface area (Å²) in [6.07, 6.45) is 1.43. The van der Waals surface area contributed by atoms with Crippen LogP contribution in [0.1, 0.15) is 68.5 Å². The summed E-state index contributed by atoms with van der Waals surface area (Å²) in [4.78, 5) is 12.5. The Hall–Kier alpha value is -2.31. The van der Waals surface area contributed by atoms with E-state index in [1.54, 1.807) is 0 Å². The summed E-state index contributed by atoms with van der Waals surface area (Å²) < 4.78 is 5.91. The van der Waals surface area contributed by atoms with Crippen molar-refractivity contribution in [3.63, 3.8) is 0 Å². The number of nitrogens with one attached hydrogen (secondary N) is 1. The van der Waals surface area contributed by atoms with Crippen molar-refractivity contribution in [1.82, 2.24) is 5.32 Å². The van der Waals surface area contributed by atoms with Gasteiger partial charge in [0.2, 0.25) is 5.96 Å². The van der Waals surface area contributed by atoms with Crippen molar-refractivity contribution >= 4 is 17.6 Å². The van der Waals surface area contributed by atoms with Crippen molar-refractivity contribution in [3.8, 4) is 0 Å². The predicted molar refractivity (Wildman–Crippen MR) is 95.1 cm³/mol. The van der Waals surface area contributed by atoms with Crippen LogP contribution >= 0.6 is 0 Å². The van der Waals surface area contributed by atoms with E-state index < -0.39 is 0 Å². The molecule has 0 aliphatic heterocycles. The van der Waals surface area contributed by atoms with Gasteiger partial charge in [-0.2, -0.15) is 5.10 Å². The molecule has 0 fully saturated rings. The summed E-state index contributed by atoms with van der Waals surface area (Å²) in [5.41, 5.74) is 12.7.